The lowest BCUT2D eigenvalue weighted by Crippen LogP contribution is -2.25. The molecule has 122 valence electrons. The molecule has 6 heteroatoms. The average molecular weight is 333 g/mol. The zero-order chi connectivity index (χ0) is 16.7. The first kappa shape index (κ1) is 17.2. The van der Waals surface area contributed by atoms with Crippen LogP contribution in [0.15, 0.2) is 30.3 Å². The molecule has 0 radical (unpaired) electrons. The molecule has 2 N–H and O–H groups in total. The van der Waals surface area contributed by atoms with Crippen molar-refractivity contribution in [3.8, 4) is 0 Å². The van der Waals surface area contributed by atoms with E-state index in [9.17, 15) is 4.79 Å². The molecule has 2 rings (SSSR count). The predicted octanol–water partition coefficient (Wildman–Crippen LogP) is 3.23. The van der Waals surface area contributed by atoms with Crippen LogP contribution in [0.1, 0.15) is 35.2 Å². The van der Waals surface area contributed by atoms with Crippen molar-refractivity contribution in [3.05, 3.63) is 52.4 Å². The molecule has 2 aromatic rings. The average Bonchev–Trinajstić information content (AvgIpc) is 2.52. The molecule has 0 saturated heterocycles. The van der Waals surface area contributed by atoms with E-state index in [1.807, 2.05) is 31.2 Å². The Morgan fingerprint density at radius 3 is 2.78 bits per heavy atom. The molecule has 0 aliphatic rings. The Morgan fingerprint density at radius 1 is 1.22 bits per heavy atom. The summed E-state index contributed by atoms with van der Waals surface area (Å²) >= 11 is 5.97. The number of anilines is 1. The quantitative estimate of drug-likeness (QED) is 0.817. The molecule has 0 saturated carbocycles. The van der Waals surface area contributed by atoms with Gasteiger partial charge in [-0.1, -0.05) is 30.7 Å². The highest BCUT2D eigenvalue weighted by Crippen LogP contribution is 2.12. The van der Waals surface area contributed by atoms with Gasteiger partial charge in [0.1, 0.15) is 17.3 Å². The molecule has 1 aromatic heterocycles. The highest BCUT2D eigenvalue weighted by atomic mass is 35.5. The molecule has 0 aliphatic carbocycles. The number of benzene rings is 1. The minimum Gasteiger partial charge on any atom is -0.370 e. The second kappa shape index (κ2) is 8.48. The van der Waals surface area contributed by atoms with Gasteiger partial charge in [-0.05, 0) is 37.5 Å². The summed E-state index contributed by atoms with van der Waals surface area (Å²) < 4.78 is 0. The number of amides is 1. The van der Waals surface area contributed by atoms with E-state index in [-0.39, 0.29) is 5.91 Å². The molecule has 1 aromatic carbocycles. The maximum atomic E-state index is 12.0. The lowest BCUT2D eigenvalue weighted by molar-refractivity contribution is 0.0948. The first-order valence-corrected chi connectivity index (χ1v) is 8.08. The standard InChI is InChI=1S/C17H21ClN4O/c1-3-8-20-17(23)15-11-16(22-12(2)21-15)19-9-7-13-5-4-6-14(18)10-13/h4-6,10-11H,3,7-9H2,1-2H3,(H,20,23)(H,19,21,22). The number of aryl methyl sites for hydroxylation is 1. The smallest absolute Gasteiger partial charge is 0.270 e. The van der Waals surface area contributed by atoms with E-state index in [1.54, 1.807) is 13.0 Å². The SMILES string of the molecule is CCCNC(=O)c1cc(NCCc2cccc(Cl)c2)nc(C)n1. The summed E-state index contributed by atoms with van der Waals surface area (Å²) in [7, 11) is 0. The van der Waals surface area contributed by atoms with Gasteiger partial charge >= 0.3 is 0 Å². The van der Waals surface area contributed by atoms with Crippen molar-refractivity contribution in [1.82, 2.24) is 15.3 Å². The highest BCUT2D eigenvalue weighted by molar-refractivity contribution is 6.30. The first-order valence-electron chi connectivity index (χ1n) is 7.70. The zero-order valence-electron chi connectivity index (χ0n) is 13.4. The van der Waals surface area contributed by atoms with Gasteiger partial charge in [0.25, 0.3) is 5.91 Å². The molecular weight excluding hydrogens is 312 g/mol. The number of aromatic nitrogens is 2. The molecule has 1 amide bonds. The van der Waals surface area contributed by atoms with Crippen molar-refractivity contribution in [3.63, 3.8) is 0 Å². The van der Waals surface area contributed by atoms with Gasteiger partial charge in [0.15, 0.2) is 0 Å². The fraction of sp³-hybridized carbons (Fsp3) is 0.353. The Morgan fingerprint density at radius 2 is 2.04 bits per heavy atom. The molecule has 5 nitrogen and oxygen atoms in total. The maximum Gasteiger partial charge on any atom is 0.270 e. The molecule has 0 fully saturated rings. The number of carbonyl (C=O) groups is 1. The van der Waals surface area contributed by atoms with Crippen LogP contribution in [0.3, 0.4) is 0 Å². The number of nitrogens with zero attached hydrogens (tertiary/aromatic N) is 2. The van der Waals surface area contributed by atoms with Crippen molar-refractivity contribution in [1.29, 1.82) is 0 Å². The normalized spacial score (nSPS) is 10.4. The van der Waals surface area contributed by atoms with Crippen LogP contribution < -0.4 is 10.6 Å². The van der Waals surface area contributed by atoms with Crippen LogP contribution in [0.5, 0.6) is 0 Å². The Balaban J connectivity index is 1.97. The monoisotopic (exact) mass is 332 g/mol. The van der Waals surface area contributed by atoms with Gasteiger partial charge in [0.05, 0.1) is 0 Å². The third-order valence-corrected chi connectivity index (χ3v) is 3.45. The van der Waals surface area contributed by atoms with Gasteiger partial charge in [-0.2, -0.15) is 0 Å². The Labute approximate surface area is 141 Å². The third-order valence-electron chi connectivity index (χ3n) is 3.21. The Kier molecular flexibility index (Phi) is 6.35. The van der Waals surface area contributed by atoms with Gasteiger partial charge in [0.2, 0.25) is 0 Å². The van der Waals surface area contributed by atoms with Gasteiger partial charge < -0.3 is 10.6 Å². The largest absolute Gasteiger partial charge is 0.370 e. The van der Waals surface area contributed by atoms with Crippen molar-refractivity contribution < 1.29 is 4.79 Å². The number of rotatable bonds is 7. The van der Waals surface area contributed by atoms with E-state index in [0.29, 0.717) is 30.4 Å². The number of hydrogen-bond donors (Lipinski definition) is 2. The van der Waals surface area contributed by atoms with Crippen LogP contribution in [0, 0.1) is 6.92 Å². The summed E-state index contributed by atoms with van der Waals surface area (Å²) in [6, 6.07) is 9.44. The van der Waals surface area contributed by atoms with E-state index < -0.39 is 0 Å². The van der Waals surface area contributed by atoms with Crippen molar-refractivity contribution in [2.45, 2.75) is 26.7 Å². The van der Waals surface area contributed by atoms with Gasteiger partial charge in [-0.3, -0.25) is 4.79 Å². The summed E-state index contributed by atoms with van der Waals surface area (Å²) in [5, 5.41) is 6.78. The molecule has 0 spiro atoms. The second-order valence-corrected chi connectivity index (χ2v) is 5.68. The molecule has 23 heavy (non-hydrogen) atoms. The summed E-state index contributed by atoms with van der Waals surface area (Å²) in [5.41, 5.74) is 1.54. The van der Waals surface area contributed by atoms with E-state index in [0.717, 1.165) is 23.4 Å². The van der Waals surface area contributed by atoms with Crippen LogP contribution >= 0.6 is 11.6 Å². The molecule has 1 heterocycles. The zero-order valence-corrected chi connectivity index (χ0v) is 14.2. The van der Waals surface area contributed by atoms with Crippen molar-refractivity contribution >= 4 is 23.3 Å². The van der Waals surface area contributed by atoms with Crippen LogP contribution in [-0.2, 0) is 6.42 Å². The van der Waals surface area contributed by atoms with E-state index in [1.165, 1.54) is 0 Å². The second-order valence-electron chi connectivity index (χ2n) is 5.25. The molecule has 0 bridgehead atoms. The summed E-state index contributed by atoms with van der Waals surface area (Å²) in [4.78, 5) is 20.5. The van der Waals surface area contributed by atoms with Crippen molar-refractivity contribution in [2.75, 3.05) is 18.4 Å². The molecule has 0 aliphatic heterocycles. The van der Waals surface area contributed by atoms with Gasteiger partial charge in [-0.15, -0.1) is 0 Å². The summed E-state index contributed by atoms with van der Waals surface area (Å²) in [6.07, 6.45) is 1.71. The Bertz CT molecular complexity index is 675. The minimum atomic E-state index is -0.171. The molecule has 0 unspecified atom stereocenters. The van der Waals surface area contributed by atoms with Crippen LogP contribution in [0.4, 0.5) is 5.82 Å². The van der Waals surface area contributed by atoms with E-state index in [4.69, 9.17) is 11.6 Å². The Hall–Kier alpha value is -2.14. The first-order chi connectivity index (χ1) is 11.1. The number of carbonyl (C=O) groups excluding carboxylic acids is 1. The van der Waals surface area contributed by atoms with Crippen molar-refractivity contribution in [2.24, 2.45) is 0 Å². The minimum absolute atomic E-state index is 0.171. The maximum absolute atomic E-state index is 12.0. The number of hydrogen-bond acceptors (Lipinski definition) is 4. The lowest BCUT2D eigenvalue weighted by Gasteiger charge is -2.09. The lowest BCUT2D eigenvalue weighted by atomic mass is 10.1. The van der Waals surface area contributed by atoms with Gasteiger partial charge in [-0.25, -0.2) is 9.97 Å². The highest BCUT2D eigenvalue weighted by Gasteiger charge is 2.09. The van der Waals surface area contributed by atoms with Crippen LogP contribution in [0.2, 0.25) is 5.02 Å². The summed E-state index contributed by atoms with van der Waals surface area (Å²) in [6.45, 7) is 5.12. The topological polar surface area (TPSA) is 66.9 Å². The van der Waals surface area contributed by atoms with Crippen LogP contribution in [0.25, 0.3) is 0 Å². The van der Waals surface area contributed by atoms with E-state index in [2.05, 4.69) is 20.6 Å². The molecule has 0 atom stereocenters. The summed E-state index contributed by atoms with van der Waals surface area (Å²) in [5.74, 6) is 1.05. The number of nitrogens with one attached hydrogen (secondary N) is 2. The fourth-order valence-corrected chi connectivity index (χ4v) is 2.34. The van der Waals surface area contributed by atoms with E-state index >= 15 is 0 Å². The van der Waals surface area contributed by atoms with Crippen LogP contribution in [-0.4, -0.2) is 29.0 Å². The van der Waals surface area contributed by atoms with Gasteiger partial charge in [0, 0.05) is 24.2 Å². The molecular formula is C17H21ClN4O. The predicted molar refractivity (Wildman–Crippen MR) is 93.0 cm³/mol. The fourth-order valence-electron chi connectivity index (χ4n) is 2.13. The third kappa shape index (κ3) is 5.53. The number of halogens is 1.